The molecule has 0 saturated heterocycles. The molecule has 1 unspecified atom stereocenters. The van der Waals surface area contributed by atoms with Crippen LogP contribution in [0.5, 0.6) is 5.75 Å². The van der Waals surface area contributed by atoms with Crippen molar-refractivity contribution in [1.29, 1.82) is 0 Å². The molecule has 3 aromatic rings. The minimum absolute atomic E-state index is 0.0559. The fraction of sp³-hybridized carbons (Fsp3) is 0.531. The number of aromatic nitrogens is 4. The van der Waals surface area contributed by atoms with Crippen LogP contribution >= 0.6 is 7.75 Å². The van der Waals surface area contributed by atoms with E-state index < -0.39 is 30.7 Å². The Labute approximate surface area is 274 Å². The highest BCUT2D eigenvalue weighted by atomic mass is 31.2. The number of imidazole rings is 1. The van der Waals surface area contributed by atoms with Crippen molar-refractivity contribution in [3.8, 4) is 5.75 Å². The molecule has 1 fully saturated rings. The van der Waals surface area contributed by atoms with E-state index in [2.05, 4.69) is 33.9 Å². The van der Waals surface area contributed by atoms with E-state index in [0.717, 1.165) is 31.3 Å². The Bertz CT molecular complexity index is 1650. The van der Waals surface area contributed by atoms with Crippen LogP contribution in [-0.2, 0) is 28.2 Å². The Morgan fingerprint density at radius 3 is 2.53 bits per heavy atom. The van der Waals surface area contributed by atoms with Gasteiger partial charge in [0, 0.05) is 12.6 Å². The van der Waals surface area contributed by atoms with Crippen molar-refractivity contribution in [3.05, 3.63) is 52.6 Å². The molecular weight excluding hydrogens is 627 g/mol. The number of rotatable bonds is 19. The molecule has 1 aromatic carbocycles. The second-order valence-corrected chi connectivity index (χ2v) is 13.6. The third-order valence-electron chi connectivity index (χ3n) is 7.83. The predicted octanol–water partition coefficient (Wildman–Crippen LogP) is 5.22. The molecule has 0 amide bonds. The predicted molar refractivity (Wildman–Crippen MR) is 177 cm³/mol. The van der Waals surface area contributed by atoms with Gasteiger partial charge in [0.1, 0.15) is 24.7 Å². The molecule has 2 aromatic heterocycles. The summed E-state index contributed by atoms with van der Waals surface area (Å²) >= 11 is 0. The van der Waals surface area contributed by atoms with E-state index in [9.17, 15) is 18.9 Å². The normalized spacial score (nSPS) is 18.6. The molecule has 2 heterocycles. The Morgan fingerprint density at radius 1 is 1.13 bits per heavy atom. The van der Waals surface area contributed by atoms with Gasteiger partial charge in [-0.2, -0.15) is 10.1 Å². The van der Waals surface area contributed by atoms with Crippen molar-refractivity contribution in [3.63, 3.8) is 0 Å². The number of fused-ring (bicyclic) bond motifs is 1. The van der Waals surface area contributed by atoms with E-state index in [1.165, 1.54) is 13.3 Å². The van der Waals surface area contributed by atoms with E-state index in [-0.39, 0.29) is 61.0 Å². The monoisotopic (exact) mass is 672 g/mol. The summed E-state index contributed by atoms with van der Waals surface area (Å²) in [5.41, 5.74) is 5.51. The van der Waals surface area contributed by atoms with Crippen LogP contribution in [0.4, 0.5) is 5.95 Å². The first-order chi connectivity index (χ1) is 22.5. The molecule has 14 nitrogen and oxygen atoms in total. The minimum atomic E-state index is -4.20. The van der Waals surface area contributed by atoms with Gasteiger partial charge in [0.2, 0.25) is 5.95 Å². The number of aromatic amines is 1. The van der Waals surface area contributed by atoms with Crippen LogP contribution in [0.3, 0.4) is 0 Å². The van der Waals surface area contributed by atoms with E-state index in [0.29, 0.717) is 12.8 Å². The first kappa shape index (κ1) is 35.8. The highest BCUT2D eigenvalue weighted by Crippen LogP contribution is 2.56. The minimum Gasteiger partial charge on any atom is -0.465 e. The van der Waals surface area contributed by atoms with Crippen LogP contribution in [0.15, 0.2) is 47.0 Å². The van der Waals surface area contributed by atoms with E-state index >= 15 is 0 Å². The topological polar surface area (TPSA) is 190 Å². The molecule has 15 heteroatoms. The van der Waals surface area contributed by atoms with Crippen LogP contribution in [0, 0.1) is 11.3 Å². The number of H-pyrrole nitrogens is 1. The standard InChI is InChI=1S/C32H45N6O8P/c1-5-11-23(12-6-2)18-43-30(41)22(4)37-47(42,46-25-14-9-8-10-15-25)45-20-32(19-44-26(39)13-7-3)16-24(32)17-38-21-34-27-28(38)35-31(33)36-29(27)40/h8-10,14-15,17,21-23H,5-7,11-13,16,18-20H2,1-4H3,(H,37,42)(H3,33,35,36,40)/b24-17-/t22?,32-,47-/m0/s1. The summed E-state index contributed by atoms with van der Waals surface area (Å²) in [4.78, 5) is 48.4. The van der Waals surface area contributed by atoms with Gasteiger partial charge in [0.15, 0.2) is 11.2 Å². The molecule has 1 aliphatic carbocycles. The number of anilines is 1. The largest absolute Gasteiger partial charge is 0.465 e. The molecule has 47 heavy (non-hydrogen) atoms. The molecule has 0 radical (unpaired) electrons. The number of ether oxygens (including phenoxy) is 2. The molecule has 1 aliphatic rings. The van der Waals surface area contributed by atoms with Crippen molar-refractivity contribution in [2.75, 3.05) is 25.6 Å². The third kappa shape index (κ3) is 9.75. The van der Waals surface area contributed by atoms with Gasteiger partial charge in [-0.3, -0.25) is 28.5 Å². The number of para-hydroxylation sites is 1. The molecule has 4 rings (SSSR count). The average Bonchev–Trinajstić information content (AvgIpc) is 3.57. The van der Waals surface area contributed by atoms with Crippen molar-refractivity contribution >= 4 is 43.0 Å². The molecule has 256 valence electrons. The average molecular weight is 673 g/mol. The zero-order chi connectivity index (χ0) is 34.0. The maximum atomic E-state index is 14.3. The zero-order valence-electron chi connectivity index (χ0n) is 27.4. The molecule has 4 N–H and O–H groups in total. The van der Waals surface area contributed by atoms with Gasteiger partial charge in [0.25, 0.3) is 5.56 Å². The van der Waals surface area contributed by atoms with Gasteiger partial charge < -0.3 is 19.7 Å². The highest BCUT2D eigenvalue weighted by Gasteiger charge is 2.52. The van der Waals surface area contributed by atoms with Gasteiger partial charge in [-0.15, -0.1) is 0 Å². The summed E-state index contributed by atoms with van der Waals surface area (Å²) in [6, 6.07) is 7.44. The molecule has 3 atom stereocenters. The lowest BCUT2D eigenvalue weighted by Gasteiger charge is -2.25. The van der Waals surface area contributed by atoms with Crippen LogP contribution in [-0.4, -0.2) is 57.3 Å². The number of nitrogens with two attached hydrogens (primary N) is 1. The lowest BCUT2D eigenvalue weighted by atomic mass is 9.99. The van der Waals surface area contributed by atoms with Gasteiger partial charge >= 0.3 is 19.7 Å². The summed E-state index contributed by atoms with van der Waals surface area (Å²) in [5, 5.41) is 2.74. The Hall–Kier alpha value is -4.00. The van der Waals surface area contributed by atoms with E-state index in [1.807, 2.05) is 6.92 Å². The summed E-state index contributed by atoms with van der Waals surface area (Å²) < 4.78 is 38.8. The van der Waals surface area contributed by atoms with Crippen LogP contribution in [0.1, 0.15) is 72.6 Å². The van der Waals surface area contributed by atoms with Gasteiger partial charge in [-0.1, -0.05) is 51.8 Å². The SMILES string of the molecule is CCCC(=O)OC[C@]1(CO[P@@](=O)(NC(C)C(=O)OCC(CCC)CCC)Oc2ccccc2)C/C1=C/n1cnc2c(=O)[nH]c(N)nc21. The number of nitrogen functional groups attached to an aromatic ring is 1. The quantitative estimate of drug-likeness (QED) is 0.111. The van der Waals surface area contributed by atoms with Gasteiger partial charge in [-0.25, -0.2) is 9.55 Å². The second kappa shape index (κ2) is 16.2. The number of hydrogen-bond acceptors (Lipinski definition) is 11. The summed E-state index contributed by atoms with van der Waals surface area (Å²) in [7, 11) is -4.20. The van der Waals surface area contributed by atoms with E-state index in [1.54, 1.807) is 41.1 Å². The summed E-state index contributed by atoms with van der Waals surface area (Å²) in [6.45, 7) is 7.62. The number of nitrogens with one attached hydrogen (secondary N) is 2. The summed E-state index contributed by atoms with van der Waals surface area (Å²) in [5.74, 6) is -0.506. The molecular formula is C32H45N6O8P. The maximum Gasteiger partial charge on any atom is 0.459 e. The first-order valence-electron chi connectivity index (χ1n) is 16.0. The Balaban J connectivity index is 1.56. The number of carbonyl (C=O) groups is 2. The van der Waals surface area contributed by atoms with Crippen LogP contribution in [0.2, 0.25) is 0 Å². The number of nitrogens with zero attached hydrogens (tertiary/aromatic N) is 3. The molecule has 1 saturated carbocycles. The van der Waals surface area contributed by atoms with Crippen molar-refractivity contribution in [1.82, 2.24) is 24.6 Å². The third-order valence-corrected chi connectivity index (χ3v) is 9.46. The smallest absolute Gasteiger partial charge is 0.459 e. The Morgan fingerprint density at radius 2 is 1.85 bits per heavy atom. The van der Waals surface area contributed by atoms with Gasteiger partial charge in [0.05, 0.1) is 18.6 Å². The van der Waals surface area contributed by atoms with Crippen LogP contribution in [0.25, 0.3) is 17.4 Å². The molecule has 0 spiro atoms. The fourth-order valence-electron chi connectivity index (χ4n) is 5.19. The van der Waals surface area contributed by atoms with Crippen molar-refractivity contribution < 1.29 is 32.7 Å². The second-order valence-electron chi connectivity index (χ2n) is 11.9. The summed E-state index contributed by atoms with van der Waals surface area (Å²) in [6.07, 6.45) is 8.24. The zero-order valence-corrected chi connectivity index (χ0v) is 28.3. The van der Waals surface area contributed by atoms with E-state index in [4.69, 9.17) is 24.3 Å². The molecule has 0 aliphatic heterocycles. The Kier molecular flexibility index (Phi) is 12.4. The maximum absolute atomic E-state index is 14.3. The number of hydrogen-bond donors (Lipinski definition) is 3. The lowest BCUT2D eigenvalue weighted by molar-refractivity contribution is -0.147. The van der Waals surface area contributed by atoms with Crippen molar-refractivity contribution in [2.24, 2.45) is 11.3 Å². The highest BCUT2D eigenvalue weighted by molar-refractivity contribution is 7.52. The molecule has 0 bridgehead atoms. The van der Waals surface area contributed by atoms with Gasteiger partial charge in [-0.05, 0) is 56.2 Å². The lowest BCUT2D eigenvalue weighted by Crippen LogP contribution is -2.36. The van der Waals surface area contributed by atoms with Crippen LogP contribution < -0.4 is 20.9 Å². The van der Waals surface area contributed by atoms with Crippen molar-refractivity contribution in [2.45, 2.75) is 78.7 Å². The number of benzene rings is 1. The fourth-order valence-corrected chi connectivity index (χ4v) is 6.77. The first-order valence-corrected chi connectivity index (χ1v) is 17.6. The number of esters is 2. The number of carbonyl (C=O) groups excluding carboxylic acids is 2.